The quantitative estimate of drug-likeness (QED) is 0.229. The van der Waals surface area contributed by atoms with Crippen LogP contribution in [0.15, 0.2) is 23.5 Å². The molecule has 16 heteroatoms. The third-order valence-corrected chi connectivity index (χ3v) is 9.77. The zero-order valence-electron chi connectivity index (χ0n) is 22.1. The zero-order chi connectivity index (χ0) is 31.9. The number of ether oxygens (including phenoxy) is 2. The first-order valence-electron chi connectivity index (χ1n) is 13.0. The van der Waals surface area contributed by atoms with Crippen LogP contribution in [0.25, 0.3) is 0 Å². The van der Waals surface area contributed by atoms with Gasteiger partial charge in [-0.2, -0.15) is 52.7 Å². The largest absolute Gasteiger partial charge is 0.465 e. The molecule has 0 spiro atoms. The molecule has 3 saturated carbocycles. The van der Waals surface area contributed by atoms with Crippen molar-refractivity contribution in [1.82, 2.24) is 0 Å². The fourth-order valence-electron chi connectivity index (χ4n) is 7.40. The summed E-state index contributed by atoms with van der Waals surface area (Å²) in [4.78, 5) is 23.5. The van der Waals surface area contributed by atoms with E-state index >= 15 is 0 Å². The lowest BCUT2D eigenvalue weighted by Crippen LogP contribution is -2.58. The van der Waals surface area contributed by atoms with E-state index in [0.717, 1.165) is 0 Å². The van der Waals surface area contributed by atoms with Crippen molar-refractivity contribution in [2.75, 3.05) is 0 Å². The second-order valence-corrected chi connectivity index (χ2v) is 11.9. The van der Waals surface area contributed by atoms with Gasteiger partial charge in [-0.25, -0.2) is 9.59 Å². The molecule has 4 nitrogen and oxygen atoms in total. The number of rotatable bonds is 5. The van der Waals surface area contributed by atoms with E-state index in [1.807, 2.05) is 6.92 Å². The Morgan fingerprint density at radius 1 is 0.786 bits per heavy atom. The van der Waals surface area contributed by atoms with Crippen molar-refractivity contribution in [2.45, 2.75) is 95.0 Å². The first-order chi connectivity index (χ1) is 18.9. The van der Waals surface area contributed by atoms with Gasteiger partial charge in [-0.3, -0.25) is 0 Å². The molecule has 4 rings (SSSR count). The molecular formula is C26H26F12O4. The predicted octanol–water partition coefficient (Wildman–Crippen LogP) is 7.93. The van der Waals surface area contributed by atoms with Crippen LogP contribution in [0.1, 0.15) is 58.8 Å². The molecule has 238 valence electrons. The van der Waals surface area contributed by atoms with Crippen LogP contribution in [0.4, 0.5) is 52.7 Å². The lowest BCUT2D eigenvalue weighted by molar-refractivity contribution is -0.349. The molecule has 0 bridgehead atoms. The molecule has 0 heterocycles. The van der Waals surface area contributed by atoms with Crippen molar-refractivity contribution >= 4 is 11.9 Å². The van der Waals surface area contributed by atoms with Crippen molar-refractivity contribution in [1.29, 1.82) is 0 Å². The van der Waals surface area contributed by atoms with Gasteiger partial charge in [0, 0.05) is 5.41 Å². The summed E-state index contributed by atoms with van der Waals surface area (Å²) < 4.78 is 166. The van der Waals surface area contributed by atoms with Gasteiger partial charge in [0.2, 0.25) is 0 Å². The van der Waals surface area contributed by atoms with E-state index < -0.39 is 64.8 Å². The molecule has 0 aromatic heterocycles. The molecule has 42 heavy (non-hydrogen) atoms. The van der Waals surface area contributed by atoms with E-state index in [4.69, 9.17) is 0 Å². The Labute approximate surface area is 231 Å². The molecule has 0 radical (unpaired) electrons. The number of alkyl halides is 12. The molecule has 0 aliphatic heterocycles. The summed E-state index contributed by atoms with van der Waals surface area (Å²) in [5, 5.41) is 0. The summed E-state index contributed by atoms with van der Waals surface area (Å²) in [5.41, 5.74) is -1.02. The smallest absolute Gasteiger partial charge is 0.457 e. The summed E-state index contributed by atoms with van der Waals surface area (Å²) >= 11 is 0. The summed E-state index contributed by atoms with van der Waals surface area (Å²) in [6.45, 7) is 3.44. The first kappa shape index (κ1) is 32.5. The monoisotopic (exact) mass is 630 g/mol. The van der Waals surface area contributed by atoms with Crippen molar-refractivity contribution < 1.29 is 71.7 Å². The van der Waals surface area contributed by atoms with Gasteiger partial charge >= 0.3 is 42.1 Å². The number of esters is 2. The van der Waals surface area contributed by atoms with Crippen LogP contribution in [-0.4, -0.2) is 48.2 Å². The third-order valence-electron chi connectivity index (χ3n) is 9.77. The van der Waals surface area contributed by atoms with Gasteiger partial charge in [0.25, 0.3) is 0 Å². The van der Waals surface area contributed by atoms with E-state index in [2.05, 4.69) is 9.47 Å². The lowest BCUT2D eigenvalue weighted by Gasteiger charge is -2.57. The van der Waals surface area contributed by atoms with Crippen molar-refractivity contribution in [2.24, 2.45) is 28.6 Å². The minimum Gasteiger partial charge on any atom is -0.457 e. The third kappa shape index (κ3) is 4.78. The van der Waals surface area contributed by atoms with Gasteiger partial charge in [-0.15, -0.1) is 0 Å². The van der Waals surface area contributed by atoms with Crippen LogP contribution in [0.2, 0.25) is 0 Å². The Kier molecular flexibility index (Phi) is 7.58. The number of halogens is 12. The van der Waals surface area contributed by atoms with Crippen LogP contribution < -0.4 is 0 Å². The highest BCUT2D eigenvalue weighted by Crippen LogP contribution is 2.66. The Morgan fingerprint density at radius 2 is 1.40 bits per heavy atom. The average molecular weight is 630 g/mol. The lowest BCUT2D eigenvalue weighted by atomic mass is 9.48. The second-order valence-electron chi connectivity index (χ2n) is 11.9. The highest BCUT2D eigenvalue weighted by molar-refractivity contribution is 5.80. The van der Waals surface area contributed by atoms with Gasteiger partial charge in [0.05, 0.1) is 0 Å². The van der Waals surface area contributed by atoms with Crippen molar-refractivity contribution in [3.63, 3.8) is 0 Å². The van der Waals surface area contributed by atoms with E-state index in [-0.39, 0.29) is 37.0 Å². The summed E-state index contributed by atoms with van der Waals surface area (Å²) in [5.74, 6) is -25.3. The molecule has 0 saturated heterocycles. The number of allylic oxidation sites excluding steroid dienone is 3. The standard InChI is InChI=1S/C26H26F12O4/c1-20-9-7-13(41-19(40)23(29,30)25(33,34)35)11-12(20)3-4-14-15-5-6-17(21(15,2)10-8-16(14)20)42-18(39)22(27,28)24(31,32)26(36,37)38/h7,11,14-17H,3-6,8-10H2,1-2H3/t14?,15?,16?,17-,20-,21-/m0/s1. The van der Waals surface area contributed by atoms with Gasteiger partial charge in [0.1, 0.15) is 11.9 Å². The molecule has 3 unspecified atom stereocenters. The van der Waals surface area contributed by atoms with Gasteiger partial charge in [-0.05, 0) is 80.3 Å². The molecule has 0 amide bonds. The molecule has 4 aliphatic carbocycles. The fourth-order valence-corrected chi connectivity index (χ4v) is 7.40. The highest BCUT2D eigenvalue weighted by Gasteiger charge is 2.77. The number of hydrogen-bond acceptors (Lipinski definition) is 4. The summed E-state index contributed by atoms with van der Waals surface area (Å²) in [6.07, 6.45) is -10.00. The Hall–Kier alpha value is -2.42. The first-order valence-corrected chi connectivity index (χ1v) is 13.0. The van der Waals surface area contributed by atoms with E-state index in [1.165, 1.54) is 12.2 Å². The molecular weight excluding hydrogens is 604 g/mol. The summed E-state index contributed by atoms with van der Waals surface area (Å²) in [7, 11) is 0. The van der Waals surface area contributed by atoms with Crippen molar-refractivity contribution in [3.05, 3.63) is 23.5 Å². The Bertz CT molecular complexity index is 1190. The van der Waals surface area contributed by atoms with Gasteiger partial charge in [0.15, 0.2) is 0 Å². The topological polar surface area (TPSA) is 52.6 Å². The Morgan fingerprint density at radius 3 is 1.98 bits per heavy atom. The molecule has 0 aromatic rings. The number of carbonyl (C=O) groups is 2. The fraction of sp³-hybridized carbons (Fsp3) is 0.769. The van der Waals surface area contributed by atoms with Gasteiger partial charge < -0.3 is 9.47 Å². The van der Waals surface area contributed by atoms with Crippen LogP contribution in [0, 0.1) is 28.6 Å². The number of hydrogen-bond donors (Lipinski definition) is 0. The minimum absolute atomic E-state index is 0.0450. The molecule has 0 N–H and O–H groups in total. The van der Waals surface area contributed by atoms with Crippen LogP contribution in [0.3, 0.4) is 0 Å². The minimum atomic E-state index is -6.69. The van der Waals surface area contributed by atoms with E-state index in [1.54, 1.807) is 6.92 Å². The molecule has 3 fully saturated rings. The number of fused-ring (bicyclic) bond motifs is 5. The average Bonchev–Trinajstić information content (AvgIpc) is 3.18. The SMILES string of the molecule is C[C@]12CC=C(OC(=O)C(F)(F)C(F)(F)F)C=C1CCC1C2CC[C@@]2(C)C1CC[C@@H]2OC(=O)C(F)(F)C(F)(F)C(F)(F)F. The van der Waals surface area contributed by atoms with Crippen LogP contribution >= 0.6 is 0 Å². The van der Waals surface area contributed by atoms with Crippen LogP contribution in [0.5, 0.6) is 0 Å². The number of carbonyl (C=O) groups excluding carboxylic acids is 2. The van der Waals surface area contributed by atoms with Crippen molar-refractivity contribution in [3.8, 4) is 0 Å². The molecule has 6 atom stereocenters. The van der Waals surface area contributed by atoms with Gasteiger partial charge in [-0.1, -0.05) is 19.4 Å². The molecule has 4 aliphatic rings. The zero-order valence-corrected chi connectivity index (χ0v) is 22.1. The second kappa shape index (κ2) is 9.80. The predicted molar refractivity (Wildman–Crippen MR) is 118 cm³/mol. The maximum Gasteiger partial charge on any atom is 0.465 e. The maximum absolute atomic E-state index is 13.9. The molecule has 0 aromatic carbocycles. The maximum atomic E-state index is 13.9. The van der Waals surface area contributed by atoms with E-state index in [9.17, 15) is 62.3 Å². The summed E-state index contributed by atoms with van der Waals surface area (Å²) in [6, 6.07) is 0. The Balaban J connectivity index is 1.48. The van der Waals surface area contributed by atoms with Crippen LogP contribution in [-0.2, 0) is 19.1 Å². The normalized spacial score (nSPS) is 34.0. The van der Waals surface area contributed by atoms with E-state index in [0.29, 0.717) is 31.3 Å². The highest BCUT2D eigenvalue weighted by atomic mass is 19.4.